The monoisotopic (exact) mass is 338 g/mol. The minimum absolute atomic E-state index is 0.0911. The summed E-state index contributed by atoms with van der Waals surface area (Å²) in [6.07, 6.45) is 1.12. The third kappa shape index (κ3) is 2.44. The number of aromatic nitrogens is 2. The van der Waals surface area contributed by atoms with E-state index in [4.69, 9.17) is 4.74 Å². The molecule has 0 fully saturated rings. The maximum absolute atomic E-state index is 12.3. The molecule has 2 aromatic rings. The molecule has 0 unspecified atom stereocenters. The summed E-state index contributed by atoms with van der Waals surface area (Å²) in [7, 11) is 1.43. The summed E-state index contributed by atoms with van der Waals surface area (Å²) in [5.41, 5.74) is -1.16. The van der Waals surface area contributed by atoms with E-state index in [1.807, 2.05) is 0 Å². The van der Waals surface area contributed by atoms with Gasteiger partial charge in [-0.2, -0.15) is 0 Å². The molecule has 7 heteroatoms. The maximum atomic E-state index is 12.3. The maximum Gasteiger partial charge on any atom is 0.333 e. The topological polar surface area (TPSA) is 81.2 Å². The number of rotatable bonds is 3. The van der Waals surface area contributed by atoms with Crippen LogP contribution in [0.5, 0.6) is 5.75 Å². The highest BCUT2D eigenvalue weighted by atomic mass is 79.9. The summed E-state index contributed by atoms with van der Waals surface area (Å²) in [4.78, 5) is 38.0. The third-order valence-corrected chi connectivity index (χ3v) is 3.23. The molecular weight excluding hydrogens is 328 g/mol. The summed E-state index contributed by atoms with van der Waals surface area (Å²) in [5, 5.41) is 0. The first-order chi connectivity index (χ1) is 9.45. The predicted molar refractivity (Wildman–Crippen MR) is 76.9 cm³/mol. The van der Waals surface area contributed by atoms with Crippen molar-refractivity contribution in [3.63, 3.8) is 0 Å². The summed E-state index contributed by atoms with van der Waals surface area (Å²) in [6, 6.07) is 4.90. The van der Waals surface area contributed by atoms with Crippen LogP contribution >= 0.6 is 15.9 Å². The number of aromatic amines is 1. The number of ether oxygens (including phenoxy) is 1. The van der Waals surface area contributed by atoms with E-state index in [0.717, 1.165) is 10.8 Å². The van der Waals surface area contributed by atoms with Gasteiger partial charge in [0, 0.05) is 10.7 Å². The molecule has 0 bridgehead atoms. The number of hydrogen-bond acceptors (Lipinski definition) is 4. The van der Waals surface area contributed by atoms with Crippen molar-refractivity contribution in [2.24, 2.45) is 0 Å². The molecule has 0 atom stereocenters. The van der Waals surface area contributed by atoms with E-state index in [2.05, 4.69) is 20.9 Å². The molecule has 1 heterocycles. The van der Waals surface area contributed by atoms with Crippen LogP contribution in [0.25, 0.3) is 5.69 Å². The lowest BCUT2D eigenvalue weighted by Crippen LogP contribution is -2.36. The van der Waals surface area contributed by atoms with Gasteiger partial charge in [0.1, 0.15) is 5.75 Å². The molecule has 0 aliphatic carbocycles. The number of nitrogens with zero attached hydrogens (tertiary/aromatic N) is 1. The van der Waals surface area contributed by atoms with Crippen molar-refractivity contribution in [2.75, 3.05) is 7.11 Å². The normalized spacial score (nSPS) is 10.3. The molecule has 6 nitrogen and oxygen atoms in total. The second kappa shape index (κ2) is 5.46. The van der Waals surface area contributed by atoms with Crippen LogP contribution in [0.1, 0.15) is 17.3 Å². The standard InChI is InChI=1S/C13H11BrN2O4/c1-7(17)9-6-15-13(19)16(12(9)18)10-5-8(14)3-4-11(10)20-2/h3-6H,1-2H3,(H,15,19). The zero-order valence-corrected chi connectivity index (χ0v) is 12.4. The molecule has 0 aliphatic heterocycles. The zero-order valence-electron chi connectivity index (χ0n) is 10.8. The molecule has 1 aromatic carbocycles. The molecule has 1 N–H and O–H groups in total. The van der Waals surface area contributed by atoms with E-state index < -0.39 is 17.0 Å². The second-order valence-electron chi connectivity index (χ2n) is 4.02. The van der Waals surface area contributed by atoms with E-state index in [-0.39, 0.29) is 11.3 Å². The molecule has 0 amide bonds. The summed E-state index contributed by atoms with van der Waals surface area (Å²) in [6.45, 7) is 1.26. The number of ketones is 1. The molecule has 0 saturated carbocycles. The Kier molecular flexibility index (Phi) is 3.89. The van der Waals surface area contributed by atoms with Crippen molar-refractivity contribution >= 4 is 21.7 Å². The summed E-state index contributed by atoms with van der Waals surface area (Å²) >= 11 is 3.27. The van der Waals surface area contributed by atoms with Crippen molar-refractivity contribution < 1.29 is 9.53 Å². The van der Waals surface area contributed by atoms with Crippen molar-refractivity contribution in [1.82, 2.24) is 9.55 Å². The lowest BCUT2D eigenvalue weighted by molar-refractivity contribution is 0.101. The minimum atomic E-state index is -0.683. The molecule has 104 valence electrons. The number of nitrogens with one attached hydrogen (secondary N) is 1. The zero-order chi connectivity index (χ0) is 14.9. The average Bonchev–Trinajstić information content (AvgIpc) is 2.38. The lowest BCUT2D eigenvalue weighted by atomic mass is 10.2. The Morgan fingerprint density at radius 2 is 2.05 bits per heavy atom. The second-order valence-corrected chi connectivity index (χ2v) is 4.94. The van der Waals surface area contributed by atoms with Gasteiger partial charge < -0.3 is 9.72 Å². The van der Waals surface area contributed by atoms with Gasteiger partial charge in [0.05, 0.1) is 18.4 Å². The van der Waals surface area contributed by atoms with Gasteiger partial charge in [-0.1, -0.05) is 15.9 Å². The summed E-state index contributed by atoms with van der Waals surface area (Å²) < 4.78 is 6.70. The Morgan fingerprint density at radius 1 is 1.35 bits per heavy atom. The van der Waals surface area contributed by atoms with E-state index in [0.29, 0.717) is 10.2 Å². The van der Waals surface area contributed by atoms with Crippen LogP contribution in [0.15, 0.2) is 38.5 Å². The first kappa shape index (κ1) is 14.3. The van der Waals surface area contributed by atoms with Gasteiger partial charge in [-0.05, 0) is 25.1 Å². The van der Waals surface area contributed by atoms with Crippen LogP contribution in [0.3, 0.4) is 0 Å². The smallest absolute Gasteiger partial charge is 0.333 e. The molecule has 1 aromatic heterocycles. The Morgan fingerprint density at radius 3 is 2.65 bits per heavy atom. The quantitative estimate of drug-likeness (QED) is 0.860. The molecule has 20 heavy (non-hydrogen) atoms. The number of carbonyl (C=O) groups excluding carboxylic acids is 1. The Labute approximate surface area is 122 Å². The number of methoxy groups -OCH3 is 1. The van der Waals surface area contributed by atoms with Gasteiger partial charge in [-0.25, -0.2) is 9.36 Å². The predicted octanol–water partition coefficient (Wildman–Crippen LogP) is 1.50. The Bertz CT molecular complexity index is 792. The van der Waals surface area contributed by atoms with Crippen molar-refractivity contribution in [1.29, 1.82) is 0 Å². The number of hydrogen-bond donors (Lipinski definition) is 1. The first-order valence-electron chi connectivity index (χ1n) is 5.65. The Balaban J connectivity index is 2.86. The van der Waals surface area contributed by atoms with Gasteiger partial charge in [0.2, 0.25) is 0 Å². The van der Waals surface area contributed by atoms with Crippen molar-refractivity contribution in [3.8, 4) is 11.4 Å². The molecule has 0 saturated heterocycles. The number of H-pyrrole nitrogens is 1. The van der Waals surface area contributed by atoms with Crippen molar-refractivity contribution in [2.45, 2.75) is 6.92 Å². The number of carbonyl (C=O) groups is 1. The highest BCUT2D eigenvalue weighted by Crippen LogP contribution is 2.24. The highest BCUT2D eigenvalue weighted by molar-refractivity contribution is 9.10. The van der Waals surface area contributed by atoms with Crippen LogP contribution in [0.4, 0.5) is 0 Å². The number of Topliss-reactive ketones (excluding diaryl/α,β-unsaturated/α-hetero) is 1. The van der Waals surface area contributed by atoms with E-state index in [1.165, 1.54) is 14.0 Å². The van der Waals surface area contributed by atoms with Gasteiger partial charge in [-0.3, -0.25) is 9.59 Å². The molecule has 0 aliphatic rings. The van der Waals surface area contributed by atoms with Crippen LogP contribution in [-0.2, 0) is 0 Å². The molecule has 0 radical (unpaired) electrons. The fourth-order valence-corrected chi connectivity index (χ4v) is 2.13. The van der Waals surface area contributed by atoms with E-state index in [9.17, 15) is 14.4 Å². The fourth-order valence-electron chi connectivity index (χ4n) is 1.78. The van der Waals surface area contributed by atoms with E-state index >= 15 is 0 Å². The molecule has 0 spiro atoms. The third-order valence-electron chi connectivity index (χ3n) is 2.74. The van der Waals surface area contributed by atoms with Crippen LogP contribution < -0.4 is 16.0 Å². The lowest BCUT2D eigenvalue weighted by Gasteiger charge is -2.11. The number of benzene rings is 1. The van der Waals surface area contributed by atoms with Gasteiger partial charge in [-0.15, -0.1) is 0 Å². The highest BCUT2D eigenvalue weighted by Gasteiger charge is 2.15. The van der Waals surface area contributed by atoms with Crippen LogP contribution in [0.2, 0.25) is 0 Å². The minimum Gasteiger partial charge on any atom is -0.495 e. The molecule has 2 rings (SSSR count). The van der Waals surface area contributed by atoms with Crippen LogP contribution in [-0.4, -0.2) is 22.4 Å². The van der Waals surface area contributed by atoms with Gasteiger partial charge in [0.15, 0.2) is 5.78 Å². The Hall–Kier alpha value is -2.15. The fraction of sp³-hybridized carbons (Fsp3) is 0.154. The van der Waals surface area contributed by atoms with Gasteiger partial charge >= 0.3 is 5.69 Å². The first-order valence-corrected chi connectivity index (χ1v) is 6.44. The molecular formula is C13H11BrN2O4. The van der Waals surface area contributed by atoms with Crippen LogP contribution in [0, 0.1) is 0 Å². The van der Waals surface area contributed by atoms with Gasteiger partial charge in [0.25, 0.3) is 5.56 Å². The number of halogens is 1. The summed E-state index contributed by atoms with van der Waals surface area (Å²) in [5.74, 6) is -0.0736. The van der Waals surface area contributed by atoms with E-state index in [1.54, 1.807) is 18.2 Å². The SMILES string of the molecule is COc1ccc(Br)cc1-n1c(=O)[nH]cc(C(C)=O)c1=O. The largest absolute Gasteiger partial charge is 0.495 e. The van der Waals surface area contributed by atoms with Crippen molar-refractivity contribution in [3.05, 3.63) is 55.3 Å². The average molecular weight is 339 g/mol.